The zero-order valence-electron chi connectivity index (χ0n) is 8.32. The molecule has 0 spiro atoms. The second-order valence-electron chi connectivity index (χ2n) is 2.95. The number of hydrogen-bond acceptors (Lipinski definition) is 4. The molecule has 0 fully saturated rings. The number of methoxy groups -OCH3 is 1. The van der Waals surface area contributed by atoms with Crippen LogP contribution in [0, 0.1) is 5.92 Å². The van der Waals surface area contributed by atoms with Crippen molar-refractivity contribution < 1.29 is 18.5 Å². The van der Waals surface area contributed by atoms with Crippen molar-refractivity contribution in [2.24, 2.45) is 11.7 Å². The van der Waals surface area contributed by atoms with Crippen LogP contribution in [0.1, 0.15) is 13.3 Å². The number of amides is 1. The minimum atomic E-state index is -1.19. The van der Waals surface area contributed by atoms with E-state index >= 15 is 0 Å². The van der Waals surface area contributed by atoms with Crippen molar-refractivity contribution in [2.75, 3.05) is 18.6 Å². The van der Waals surface area contributed by atoms with Crippen LogP contribution in [0.4, 0.5) is 0 Å². The summed E-state index contributed by atoms with van der Waals surface area (Å²) in [5, 5.41) is 0. The van der Waals surface area contributed by atoms with Gasteiger partial charge in [-0.25, -0.2) is 0 Å². The number of carbonyl (C=O) groups excluding carboxylic acids is 2. The van der Waals surface area contributed by atoms with Crippen LogP contribution in [-0.2, 0) is 25.1 Å². The number of ether oxygens (including phenoxy) is 1. The molecular weight excluding hydrogens is 206 g/mol. The SMILES string of the molecule is COC(=O)C(C)CS(=O)CCC(N)=O. The van der Waals surface area contributed by atoms with Crippen molar-refractivity contribution in [1.82, 2.24) is 0 Å². The second-order valence-corrected chi connectivity index (χ2v) is 4.57. The molecule has 82 valence electrons. The number of rotatable bonds is 6. The molecule has 0 saturated carbocycles. The van der Waals surface area contributed by atoms with E-state index in [-0.39, 0.29) is 17.9 Å². The lowest BCUT2D eigenvalue weighted by Gasteiger charge is -2.07. The Morgan fingerprint density at radius 3 is 2.50 bits per heavy atom. The van der Waals surface area contributed by atoms with Crippen LogP contribution in [0.2, 0.25) is 0 Å². The van der Waals surface area contributed by atoms with Crippen LogP contribution in [0.15, 0.2) is 0 Å². The number of primary amides is 1. The number of hydrogen-bond donors (Lipinski definition) is 1. The smallest absolute Gasteiger partial charge is 0.309 e. The molecule has 0 aromatic heterocycles. The predicted octanol–water partition coefficient (Wildman–Crippen LogP) is -0.580. The molecule has 0 aromatic carbocycles. The predicted molar refractivity (Wildman–Crippen MR) is 52.9 cm³/mol. The van der Waals surface area contributed by atoms with Gasteiger partial charge in [-0.15, -0.1) is 0 Å². The van der Waals surface area contributed by atoms with Crippen molar-refractivity contribution in [3.8, 4) is 0 Å². The van der Waals surface area contributed by atoms with E-state index in [1.165, 1.54) is 7.11 Å². The van der Waals surface area contributed by atoms with Gasteiger partial charge in [0, 0.05) is 28.7 Å². The Labute approximate surface area is 85.4 Å². The second kappa shape index (κ2) is 6.53. The molecule has 0 saturated heterocycles. The number of esters is 1. The largest absolute Gasteiger partial charge is 0.469 e. The summed E-state index contributed by atoms with van der Waals surface area (Å²) in [5.74, 6) is -0.869. The van der Waals surface area contributed by atoms with Crippen molar-refractivity contribution >= 4 is 22.7 Å². The fourth-order valence-corrected chi connectivity index (χ4v) is 2.14. The molecule has 0 radical (unpaired) electrons. The van der Waals surface area contributed by atoms with E-state index in [9.17, 15) is 13.8 Å². The fourth-order valence-electron chi connectivity index (χ4n) is 0.846. The summed E-state index contributed by atoms with van der Waals surface area (Å²) in [6.07, 6.45) is 0.0838. The lowest BCUT2D eigenvalue weighted by molar-refractivity contribution is -0.144. The number of nitrogens with two attached hydrogens (primary N) is 1. The molecule has 0 rings (SSSR count). The molecule has 2 atom stereocenters. The maximum atomic E-state index is 11.3. The summed E-state index contributed by atoms with van der Waals surface area (Å²) in [7, 11) is 0.0884. The van der Waals surface area contributed by atoms with E-state index in [2.05, 4.69) is 4.74 Å². The summed E-state index contributed by atoms with van der Waals surface area (Å²) >= 11 is 0. The number of carbonyl (C=O) groups is 2. The van der Waals surface area contributed by atoms with Gasteiger partial charge in [0.05, 0.1) is 13.0 Å². The van der Waals surface area contributed by atoms with Crippen LogP contribution in [-0.4, -0.2) is 34.7 Å². The topological polar surface area (TPSA) is 86.5 Å². The van der Waals surface area contributed by atoms with Gasteiger partial charge >= 0.3 is 5.97 Å². The van der Waals surface area contributed by atoms with Gasteiger partial charge < -0.3 is 10.5 Å². The zero-order valence-corrected chi connectivity index (χ0v) is 9.13. The Kier molecular flexibility index (Phi) is 6.11. The first-order valence-corrected chi connectivity index (χ1v) is 5.67. The van der Waals surface area contributed by atoms with E-state index in [0.29, 0.717) is 0 Å². The third-order valence-electron chi connectivity index (χ3n) is 1.62. The fraction of sp³-hybridized carbons (Fsp3) is 0.750. The molecule has 6 heteroatoms. The molecule has 0 aliphatic heterocycles. The monoisotopic (exact) mass is 221 g/mol. The zero-order chi connectivity index (χ0) is 11.1. The van der Waals surface area contributed by atoms with E-state index in [0.717, 1.165) is 0 Å². The quantitative estimate of drug-likeness (QED) is 0.608. The highest BCUT2D eigenvalue weighted by Crippen LogP contribution is 2.01. The van der Waals surface area contributed by atoms with Gasteiger partial charge in [0.25, 0.3) is 0 Å². The normalized spacial score (nSPS) is 14.4. The lowest BCUT2D eigenvalue weighted by Crippen LogP contribution is -2.22. The highest BCUT2D eigenvalue weighted by atomic mass is 32.2. The summed E-state index contributed by atoms with van der Waals surface area (Å²) in [4.78, 5) is 21.3. The average molecular weight is 221 g/mol. The highest BCUT2D eigenvalue weighted by molar-refractivity contribution is 7.85. The van der Waals surface area contributed by atoms with E-state index in [1.807, 2.05) is 0 Å². The Morgan fingerprint density at radius 2 is 2.07 bits per heavy atom. The van der Waals surface area contributed by atoms with E-state index in [4.69, 9.17) is 5.73 Å². The molecule has 0 bridgehead atoms. The lowest BCUT2D eigenvalue weighted by atomic mass is 10.2. The molecule has 0 aromatic rings. The van der Waals surface area contributed by atoms with E-state index < -0.39 is 28.6 Å². The molecular formula is C8H15NO4S. The first-order valence-electron chi connectivity index (χ1n) is 4.18. The molecule has 1 amide bonds. The van der Waals surface area contributed by atoms with E-state index in [1.54, 1.807) is 6.92 Å². The minimum Gasteiger partial charge on any atom is -0.469 e. The van der Waals surface area contributed by atoms with Crippen molar-refractivity contribution in [2.45, 2.75) is 13.3 Å². The molecule has 0 aliphatic rings. The third-order valence-corrected chi connectivity index (χ3v) is 3.15. The molecule has 14 heavy (non-hydrogen) atoms. The maximum Gasteiger partial charge on any atom is 0.309 e. The Bertz CT molecular complexity index is 241. The van der Waals surface area contributed by atoms with Gasteiger partial charge in [0.2, 0.25) is 5.91 Å². The Hall–Kier alpha value is -0.910. The van der Waals surface area contributed by atoms with Crippen LogP contribution in [0.5, 0.6) is 0 Å². The molecule has 2 N–H and O–H groups in total. The van der Waals surface area contributed by atoms with Crippen molar-refractivity contribution in [1.29, 1.82) is 0 Å². The minimum absolute atomic E-state index is 0.0838. The van der Waals surface area contributed by atoms with Crippen LogP contribution in [0.25, 0.3) is 0 Å². The Balaban J connectivity index is 3.82. The highest BCUT2D eigenvalue weighted by Gasteiger charge is 2.16. The van der Waals surface area contributed by atoms with Gasteiger partial charge in [-0.1, -0.05) is 6.92 Å². The summed E-state index contributed by atoms with van der Waals surface area (Å²) in [6, 6.07) is 0. The molecule has 2 unspecified atom stereocenters. The maximum absolute atomic E-state index is 11.3. The first kappa shape index (κ1) is 13.1. The molecule has 0 heterocycles. The third kappa shape index (κ3) is 5.69. The summed E-state index contributed by atoms with van der Waals surface area (Å²) < 4.78 is 15.7. The Morgan fingerprint density at radius 1 is 1.50 bits per heavy atom. The van der Waals surface area contributed by atoms with Gasteiger partial charge in [-0.05, 0) is 0 Å². The molecule has 0 aliphatic carbocycles. The van der Waals surface area contributed by atoms with Crippen LogP contribution >= 0.6 is 0 Å². The van der Waals surface area contributed by atoms with Crippen LogP contribution < -0.4 is 5.73 Å². The van der Waals surface area contributed by atoms with Crippen molar-refractivity contribution in [3.63, 3.8) is 0 Å². The van der Waals surface area contributed by atoms with Gasteiger partial charge in [0.1, 0.15) is 0 Å². The molecule has 5 nitrogen and oxygen atoms in total. The standard InChI is InChI=1S/C8H15NO4S/c1-6(8(11)13-2)5-14(12)4-3-7(9)10/h6H,3-5H2,1-2H3,(H2,9,10). The first-order chi connectivity index (χ1) is 6.47. The van der Waals surface area contributed by atoms with Gasteiger partial charge in [0.15, 0.2) is 0 Å². The average Bonchev–Trinajstić information content (AvgIpc) is 2.13. The van der Waals surface area contributed by atoms with Crippen molar-refractivity contribution in [3.05, 3.63) is 0 Å². The summed E-state index contributed by atoms with van der Waals surface area (Å²) in [6.45, 7) is 1.63. The van der Waals surface area contributed by atoms with Gasteiger partial charge in [-0.2, -0.15) is 0 Å². The van der Waals surface area contributed by atoms with Gasteiger partial charge in [-0.3, -0.25) is 13.8 Å². The van der Waals surface area contributed by atoms with Crippen LogP contribution in [0.3, 0.4) is 0 Å². The summed E-state index contributed by atoms with van der Waals surface area (Å²) in [5.41, 5.74) is 4.89.